The second kappa shape index (κ2) is 6.32. The lowest BCUT2D eigenvalue weighted by molar-refractivity contribution is 0.0963. The summed E-state index contributed by atoms with van der Waals surface area (Å²) in [6, 6.07) is 18.4. The molecule has 0 spiro atoms. The largest absolute Gasteiger partial charge is 0.507 e. The first kappa shape index (κ1) is 14.8. The number of nitrogens with zero attached hydrogens (tertiary/aromatic N) is 1. The molecule has 23 heavy (non-hydrogen) atoms. The maximum atomic E-state index is 11.7. The third-order valence-electron chi connectivity index (χ3n) is 3.63. The third kappa shape index (κ3) is 3.06. The van der Waals surface area contributed by atoms with Crippen LogP contribution in [0.1, 0.15) is 15.9 Å². The highest BCUT2D eigenvalue weighted by atomic mass is 16.3. The van der Waals surface area contributed by atoms with Gasteiger partial charge in [0.25, 0.3) is 5.91 Å². The minimum Gasteiger partial charge on any atom is -0.507 e. The molecular formula is C19H16N2O2. The van der Waals surface area contributed by atoms with E-state index in [9.17, 15) is 9.90 Å². The first-order valence-electron chi connectivity index (χ1n) is 7.26. The molecular weight excluding hydrogens is 288 g/mol. The predicted molar refractivity (Wildman–Crippen MR) is 92.7 cm³/mol. The summed E-state index contributed by atoms with van der Waals surface area (Å²) in [7, 11) is 1.59. The van der Waals surface area contributed by atoms with Gasteiger partial charge < -0.3 is 10.4 Å². The SMILES string of the molecule is CNC(=O)c1cccc(N=Cc2c(O)ccc3ccccc23)c1. The molecule has 0 bridgehead atoms. The van der Waals surface area contributed by atoms with Crippen molar-refractivity contribution >= 4 is 28.6 Å². The Labute approximate surface area is 134 Å². The van der Waals surface area contributed by atoms with E-state index in [1.54, 1.807) is 37.5 Å². The Bertz CT molecular complexity index is 901. The van der Waals surface area contributed by atoms with Crippen molar-refractivity contribution in [2.75, 3.05) is 7.05 Å². The molecule has 0 radical (unpaired) electrons. The van der Waals surface area contributed by atoms with Gasteiger partial charge in [-0.05, 0) is 35.0 Å². The summed E-state index contributed by atoms with van der Waals surface area (Å²) in [5.74, 6) is 0.0185. The smallest absolute Gasteiger partial charge is 0.251 e. The molecule has 4 nitrogen and oxygen atoms in total. The molecule has 114 valence electrons. The van der Waals surface area contributed by atoms with Gasteiger partial charge in [0.1, 0.15) is 5.75 Å². The van der Waals surface area contributed by atoms with Crippen LogP contribution in [0.5, 0.6) is 5.75 Å². The zero-order valence-electron chi connectivity index (χ0n) is 12.7. The van der Waals surface area contributed by atoms with E-state index in [2.05, 4.69) is 10.3 Å². The van der Waals surface area contributed by atoms with E-state index in [1.165, 1.54) is 0 Å². The van der Waals surface area contributed by atoms with Crippen molar-refractivity contribution in [1.82, 2.24) is 5.32 Å². The molecule has 0 saturated heterocycles. The minimum atomic E-state index is -0.157. The second-order valence-electron chi connectivity index (χ2n) is 5.11. The summed E-state index contributed by atoms with van der Waals surface area (Å²) in [5, 5.41) is 14.7. The number of fused-ring (bicyclic) bond motifs is 1. The molecule has 0 atom stereocenters. The summed E-state index contributed by atoms with van der Waals surface area (Å²) in [5.41, 5.74) is 1.86. The lowest BCUT2D eigenvalue weighted by atomic mass is 10.0. The van der Waals surface area contributed by atoms with Gasteiger partial charge in [0, 0.05) is 24.4 Å². The number of nitrogens with one attached hydrogen (secondary N) is 1. The molecule has 0 fully saturated rings. The van der Waals surface area contributed by atoms with Crippen LogP contribution in [-0.2, 0) is 0 Å². The van der Waals surface area contributed by atoms with Crippen molar-refractivity contribution in [3.8, 4) is 5.75 Å². The fourth-order valence-corrected chi connectivity index (χ4v) is 2.43. The molecule has 3 rings (SSSR count). The molecule has 0 aromatic heterocycles. The molecule has 3 aromatic carbocycles. The van der Waals surface area contributed by atoms with E-state index in [1.807, 2.05) is 36.4 Å². The number of hydrogen-bond acceptors (Lipinski definition) is 3. The van der Waals surface area contributed by atoms with Gasteiger partial charge in [0.15, 0.2) is 0 Å². The van der Waals surface area contributed by atoms with Crippen LogP contribution in [0.25, 0.3) is 10.8 Å². The number of aliphatic imine (C=N–C) groups is 1. The normalized spacial score (nSPS) is 11.0. The van der Waals surface area contributed by atoms with Crippen LogP contribution >= 0.6 is 0 Å². The number of amides is 1. The number of carbonyl (C=O) groups is 1. The maximum Gasteiger partial charge on any atom is 0.251 e. The number of phenolic OH excluding ortho intramolecular Hbond substituents is 1. The van der Waals surface area contributed by atoms with Crippen LogP contribution in [0.3, 0.4) is 0 Å². The molecule has 3 aromatic rings. The zero-order valence-corrected chi connectivity index (χ0v) is 12.7. The van der Waals surface area contributed by atoms with Gasteiger partial charge in [0.05, 0.1) is 5.69 Å². The Morgan fingerprint density at radius 3 is 2.74 bits per heavy atom. The number of aromatic hydroxyl groups is 1. The zero-order chi connectivity index (χ0) is 16.2. The predicted octanol–water partition coefficient (Wildman–Crippen LogP) is 3.66. The summed E-state index contributed by atoms with van der Waals surface area (Å²) < 4.78 is 0. The number of phenols is 1. The Balaban J connectivity index is 2.01. The lowest BCUT2D eigenvalue weighted by Gasteiger charge is -2.05. The number of hydrogen-bond donors (Lipinski definition) is 2. The highest BCUT2D eigenvalue weighted by Crippen LogP contribution is 2.26. The van der Waals surface area contributed by atoms with E-state index in [4.69, 9.17) is 0 Å². The molecule has 0 aliphatic heterocycles. The topological polar surface area (TPSA) is 61.7 Å². The first-order valence-corrected chi connectivity index (χ1v) is 7.26. The molecule has 0 unspecified atom stereocenters. The Kier molecular flexibility index (Phi) is 4.06. The van der Waals surface area contributed by atoms with Gasteiger partial charge in [-0.25, -0.2) is 0 Å². The summed E-state index contributed by atoms with van der Waals surface area (Å²) >= 11 is 0. The minimum absolute atomic E-state index is 0.157. The average Bonchev–Trinajstić information content (AvgIpc) is 2.60. The van der Waals surface area contributed by atoms with Gasteiger partial charge in [0.2, 0.25) is 0 Å². The van der Waals surface area contributed by atoms with Crippen LogP contribution in [0.4, 0.5) is 5.69 Å². The van der Waals surface area contributed by atoms with Gasteiger partial charge in [-0.15, -0.1) is 0 Å². The van der Waals surface area contributed by atoms with Crippen LogP contribution in [0, 0.1) is 0 Å². The number of rotatable bonds is 3. The van der Waals surface area contributed by atoms with Crippen molar-refractivity contribution in [2.45, 2.75) is 0 Å². The Morgan fingerprint density at radius 2 is 1.91 bits per heavy atom. The monoisotopic (exact) mass is 304 g/mol. The van der Waals surface area contributed by atoms with Crippen molar-refractivity contribution < 1.29 is 9.90 Å². The van der Waals surface area contributed by atoms with E-state index in [-0.39, 0.29) is 11.7 Å². The average molecular weight is 304 g/mol. The van der Waals surface area contributed by atoms with Crippen molar-refractivity contribution in [3.63, 3.8) is 0 Å². The van der Waals surface area contributed by atoms with Crippen molar-refractivity contribution in [2.24, 2.45) is 4.99 Å². The van der Waals surface area contributed by atoms with Crippen molar-refractivity contribution in [3.05, 3.63) is 71.8 Å². The number of benzene rings is 3. The van der Waals surface area contributed by atoms with Gasteiger partial charge >= 0.3 is 0 Å². The Hall–Kier alpha value is -3.14. The van der Waals surface area contributed by atoms with Crippen molar-refractivity contribution in [1.29, 1.82) is 0 Å². The molecule has 2 N–H and O–H groups in total. The van der Waals surface area contributed by atoms with E-state index < -0.39 is 0 Å². The van der Waals surface area contributed by atoms with Gasteiger partial charge in [-0.1, -0.05) is 36.4 Å². The fourth-order valence-electron chi connectivity index (χ4n) is 2.43. The summed E-state index contributed by atoms with van der Waals surface area (Å²) in [4.78, 5) is 16.1. The molecule has 0 heterocycles. The van der Waals surface area contributed by atoms with Gasteiger partial charge in [-0.2, -0.15) is 0 Å². The lowest BCUT2D eigenvalue weighted by Crippen LogP contribution is -2.17. The highest BCUT2D eigenvalue weighted by Gasteiger charge is 2.05. The highest BCUT2D eigenvalue weighted by molar-refractivity contribution is 6.03. The summed E-state index contributed by atoms with van der Waals surface area (Å²) in [6.45, 7) is 0. The second-order valence-corrected chi connectivity index (χ2v) is 5.11. The first-order chi connectivity index (χ1) is 11.2. The van der Waals surface area contributed by atoms with E-state index in [0.717, 1.165) is 10.8 Å². The molecule has 0 aliphatic carbocycles. The summed E-state index contributed by atoms with van der Waals surface area (Å²) in [6.07, 6.45) is 1.63. The van der Waals surface area contributed by atoms with Crippen LogP contribution in [0.15, 0.2) is 65.7 Å². The van der Waals surface area contributed by atoms with Crippen LogP contribution in [0.2, 0.25) is 0 Å². The fraction of sp³-hybridized carbons (Fsp3) is 0.0526. The number of carbonyl (C=O) groups excluding carboxylic acids is 1. The maximum absolute atomic E-state index is 11.7. The van der Waals surface area contributed by atoms with E-state index in [0.29, 0.717) is 16.8 Å². The standard InChI is InChI=1S/C19H16N2O2/c1-20-19(23)14-6-4-7-15(11-14)21-12-17-16-8-3-2-5-13(16)9-10-18(17)22/h2-12,22H,1H3,(H,20,23). The van der Waals surface area contributed by atoms with Gasteiger partial charge in [-0.3, -0.25) is 9.79 Å². The molecule has 4 heteroatoms. The van der Waals surface area contributed by atoms with E-state index >= 15 is 0 Å². The Morgan fingerprint density at radius 1 is 1.09 bits per heavy atom. The van der Waals surface area contributed by atoms with Crippen LogP contribution < -0.4 is 5.32 Å². The van der Waals surface area contributed by atoms with Crippen LogP contribution in [-0.4, -0.2) is 24.3 Å². The molecule has 0 aliphatic rings. The molecule has 1 amide bonds. The third-order valence-corrected chi connectivity index (χ3v) is 3.63. The quantitative estimate of drug-likeness (QED) is 0.725. The molecule has 0 saturated carbocycles.